The first kappa shape index (κ1) is 12.9. The van der Waals surface area contributed by atoms with Crippen molar-refractivity contribution in [2.75, 3.05) is 19.6 Å². The van der Waals surface area contributed by atoms with Gasteiger partial charge in [0.15, 0.2) is 0 Å². The van der Waals surface area contributed by atoms with E-state index in [1.807, 2.05) is 0 Å². The molecule has 0 aromatic rings. The van der Waals surface area contributed by atoms with Crippen LogP contribution in [0, 0.1) is 22.7 Å². The third-order valence-corrected chi connectivity index (χ3v) is 4.63. The molecule has 1 saturated carbocycles. The molecular formula is C14H25N3. The Morgan fingerprint density at radius 2 is 2.18 bits per heavy atom. The molecule has 0 amide bonds. The number of nitriles is 1. The van der Waals surface area contributed by atoms with Crippen LogP contribution in [0.25, 0.3) is 0 Å². The van der Waals surface area contributed by atoms with E-state index >= 15 is 0 Å². The fourth-order valence-corrected chi connectivity index (χ4v) is 3.41. The van der Waals surface area contributed by atoms with Crippen LogP contribution in [-0.2, 0) is 0 Å². The van der Waals surface area contributed by atoms with Crippen molar-refractivity contribution in [1.29, 1.82) is 5.26 Å². The fourth-order valence-electron chi connectivity index (χ4n) is 3.41. The number of nitrogens with two attached hydrogens (primary N) is 1. The highest BCUT2D eigenvalue weighted by Gasteiger charge is 2.40. The second-order valence-corrected chi connectivity index (χ2v) is 6.72. The lowest BCUT2D eigenvalue weighted by Crippen LogP contribution is -2.43. The summed E-state index contributed by atoms with van der Waals surface area (Å²) in [6.07, 6.45) is 5.55. The minimum absolute atomic E-state index is 0.413. The molecule has 17 heavy (non-hydrogen) atoms. The van der Waals surface area contributed by atoms with Crippen molar-refractivity contribution in [2.45, 2.75) is 51.5 Å². The molecule has 96 valence electrons. The predicted molar refractivity (Wildman–Crippen MR) is 69.3 cm³/mol. The minimum atomic E-state index is -0.532. The molecule has 2 unspecified atom stereocenters. The molecule has 3 heteroatoms. The third-order valence-electron chi connectivity index (χ3n) is 4.63. The molecule has 0 aromatic carbocycles. The highest BCUT2D eigenvalue weighted by Crippen LogP contribution is 2.36. The van der Waals surface area contributed by atoms with Gasteiger partial charge >= 0.3 is 0 Å². The number of hydrogen-bond donors (Lipinski definition) is 1. The predicted octanol–water partition coefficient (Wildman–Crippen LogP) is 2.13. The molecular weight excluding hydrogens is 210 g/mol. The highest BCUT2D eigenvalue weighted by molar-refractivity contribution is 5.12. The van der Waals surface area contributed by atoms with Crippen LogP contribution in [0.2, 0.25) is 0 Å². The van der Waals surface area contributed by atoms with Crippen LogP contribution in [0.3, 0.4) is 0 Å². The zero-order valence-electron chi connectivity index (χ0n) is 11.2. The molecule has 2 N–H and O–H groups in total. The minimum Gasteiger partial charge on any atom is -0.313 e. The van der Waals surface area contributed by atoms with Crippen molar-refractivity contribution in [3.8, 4) is 6.07 Å². The summed E-state index contributed by atoms with van der Waals surface area (Å²) in [5, 5.41) is 9.18. The first-order chi connectivity index (χ1) is 7.95. The van der Waals surface area contributed by atoms with Crippen molar-refractivity contribution in [1.82, 2.24) is 4.90 Å². The van der Waals surface area contributed by atoms with Gasteiger partial charge in [0, 0.05) is 6.54 Å². The Morgan fingerprint density at radius 1 is 1.41 bits per heavy atom. The zero-order valence-corrected chi connectivity index (χ0v) is 11.2. The van der Waals surface area contributed by atoms with E-state index in [-0.39, 0.29) is 0 Å². The van der Waals surface area contributed by atoms with Crippen LogP contribution in [0.15, 0.2) is 0 Å². The summed E-state index contributed by atoms with van der Waals surface area (Å²) < 4.78 is 0. The first-order valence-corrected chi connectivity index (χ1v) is 6.88. The highest BCUT2D eigenvalue weighted by atomic mass is 15.1. The SMILES string of the molecule is CC1(C)CCN(CCC2CCCC2(N)C#N)C1. The molecule has 1 heterocycles. The van der Waals surface area contributed by atoms with Crippen LogP contribution in [0.5, 0.6) is 0 Å². The topological polar surface area (TPSA) is 53.0 Å². The van der Waals surface area contributed by atoms with E-state index in [4.69, 9.17) is 5.73 Å². The van der Waals surface area contributed by atoms with E-state index in [0.29, 0.717) is 11.3 Å². The summed E-state index contributed by atoms with van der Waals surface area (Å²) in [7, 11) is 0. The van der Waals surface area contributed by atoms with Gasteiger partial charge in [-0.2, -0.15) is 5.26 Å². The smallest absolute Gasteiger partial charge is 0.107 e. The number of hydrogen-bond acceptors (Lipinski definition) is 3. The van der Waals surface area contributed by atoms with Gasteiger partial charge in [0.1, 0.15) is 5.54 Å². The van der Waals surface area contributed by atoms with Crippen LogP contribution < -0.4 is 5.73 Å². The maximum absolute atomic E-state index is 9.18. The van der Waals surface area contributed by atoms with E-state index < -0.39 is 5.54 Å². The monoisotopic (exact) mass is 235 g/mol. The molecule has 0 radical (unpaired) electrons. The van der Waals surface area contributed by atoms with Gasteiger partial charge in [0.2, 0.25) is 0 Å². The van der Waals surface area contributed by atoms with E-state index in [0.717, 1.165) is 32.2 Å². The van der Waals surface area contributed by atoms with Crippen molar-refractivity contribution in [2.24, 2.45) is 17.1 Å². The molecule has 1 saturated heterocycles. The Bertz CT molecular complexity index is 318. The molecule has 0 aromatic heterocycles. The Morgan fingerprint density at radius 3 is 2.76 bits per heavy atom. The lowest BCUT2D eigenvalue weighted by Gasteiger charge is -2.26. The number of rotatable bonds is 3. The summed E-state index contributed by atoms with van der Waals surface area (Å²) in [4.78, 5) is 2.54. The maximum Gasteiger partial charge on any atom is 0.107 e. The summed E-state index contributed by atoms with van der Waals surface area (Å²) in [6.45, 7) is 8.21. The van der Waals surface area contributed by atoms with Crippen molar-refractivity contribution >= 4 is 0 Å². The Kier molecular flexibility index (Phi) is 3.47. The number of likely N-dealkylation sites (tertiary alicyclic amines) is 1. The second-order valence-electron chi connectivity index (χ2n) is 6.72. The van der Waals surface area contributed by atoms with Gasteiger partial charge in [-0.25, -0.2) is 0 Å². The summed E-state index contributed by atoms with van der Waals surface area (Å²) >= 11 is 0. The summed E-state index contributed by atoms with van der Waals surface area (Å²) in [5.41, 5.74) is 6.11. The van der Waals surface area contributed by atoms with Crippen molar-refractivity contribution in [3.05, 3.63) is 0 Å². The molecule has 2 rings (SSSR count). The Balaban J connectivity index is 1.82. The van der Waals surface area contributed by atoms with E-state index in [9.17, 15) is 5.26 Å². The fraction of sp³-hybridized carbons (Fsp3) is 0.929. The molecule has 3 nitrogen and oxygen atoms in total. The van der Waals surface area contributed by atoms with Crippen LogP contribution in [0.4, 0.5) is 0 Å². The van der Waals surface area contributed by atoms with Gasteiger partial charge in [-0.1, -0.05) is 20.3 Å². The summed E-state index contributed by atoms with van der Waals surface area (Å²) in [5.74, 6) is 0.413. The van der Waals surface area contributed by atoms with E-state index in [2.05, 4.69) is 24.8 Å². The largest absolute Gasteiger partial charge is 0.313 e. The van der Waals surface area contributed by atoms with Crippen LogP contribution in [0.1, 0.15) is 46.0 Å². The molecule has 1 aliphatic carbocycles. The van der Waals surface area contributed by atoms with Gasteiger partial charge in [0.25, 0.3) is 0 Å². The average Bonchev–Trinajstić information content (AvgIpc) is 2.80. The summed E-state index contributed by atoms with van der Waals surface area (Å²) in [6, 6.07) is 2.34. The molecule has 2 fully saturated rings. The standard InChI is InChI=1S/C14H25N3/c1-13(2)7-9-17(11-13)8-5-12-4-3-6-14(12,16)10-15/h12H,3-9,11,16H2,1-2H3. The lowest BCUT2D eigenvalue weighted by molar-refractivity contribution is 0.253. The average molecular weight is 235 g/mol. The zero-order chi connectivity index (χ0) is 12.5. The van der Waals surface area contributed by atoms with E-state index in [1.165, 1.54) is 19.5 Å². The second kappa shape index (κ2) is 4.59. The van der Waals surface area contributed by atoms with Crippen molar-refractivity contribution < 1.29 is 0 Å². The first-order valence-electron chi connectivity index (χ1n) is 6.88. The van der Waals surface area contributed by atoms with Gasteiger partial charge < -0.3 is 10.6 Å². The van der Waals surface area contributed by atoms with Gasteiger partial charge in [0.05, 0.1) is 6.07 Å². The molecule has 0 spiro atoms. The molecule has 1 aliphatic heterocycles. The Hall–Kier alpha value is -0.590. The van der Waals surface area contributed by atoms with Gasteiger partial charge in [-0.3, -0.25) is 0 Å². The van der Waals surface area contributed by atoms with Crippen LogP contribution >= 0.6 is 0 Å². The number of nitrogens with zero attached hydrogens (tertiary/aromatic N) is 2. The molecule has 2 atom stereocenters. The van der Waals surface area contributed by atoms with Crippen molar-refractivity contribution in [3.63, 3.8) is 0 Å². The maximum atomic E-state index is 9.18. The Labute approximate surface area is 105 Å². The van der Waals surface area contributed by atoms with Gasteiger partial charge in [-0.15, -0.1) is 0 Å². The van der Waals surface area contributed by atoms with E-state index in [1.54, 1.807) is 0 Å². The normalized spacial score (nSPS) is 37.2. The van der Waals surface area contributed by atoms with Gasteiger partial charge in [-0.05, 0) is 50.1 Å². The molecule has 2 aliphatic rings. The van der Waals surface area contributed by atoms with Crippen LogP contribution in [-0.4, -0.2) is 30.1 Å². The molecule has 0 bridgehead atoms. The lowest BCUT2D eigenvalue weighted by atomic mass is 9.87. The third kappa shape index (κ3) is 2.81. The quantitative estimate of drug-likeness (QED) is 0.815.